The number of ketones is 1. The van der Waals surface area contributed by atoms with Gasteiger partial charge in [-0.3, -0.25) is 4.79 Å². The highest BCUT2D eigenvalue weighted by Crippen LogP contribution is 2.21. The summed E-state index contributed by atoms with van der Waals surface area (Å²) >= 11 is 0. The van der Waals surface area contributed by atoms with E-state index in [1.54, 1.807) is 14.0 Å². The van der Waals surface area contributed by atoms with Gasteiger partial charge in [-0.25, -0.2) is 0 Å². The number of hydrogen-bond acceptors (Lipinski definition) is 4. The SMILES string of the molecule is COc1ccc(C(C)=O)cc1CN(C)CCN1CCCC1. The zero-order valence-corrected chi connectivity index (χ0v) is 13.4. The van der Waals surface area contributed by atoms with Crippen molar-refractivity contribution in [2.75, 3.05) is 40.3 Å². The topological polar surface area (TPSA) is 32.8 Å². The number of rotatable bonds is 7. The van der Waals surface area contributed by atoms with Crippen LogP contribution in [-0.4, -0.2) is 55.9 Å². The molecule has 0 N–H and O–H groups in total. The number of nitrogens with zero attached hydrogens (tertiary/aromatic N) is 2. The van der Waals surface area contributed by atoms with Crippen LogP contribution in [0.15, 0.2) is 18.2 Å². The molecular weight excluding hydrogens is 264 g/mol. The van der Waals surface area contributed by atoms with Crippen LogP contribution in [0, 0.1) is 0 Å². The summed E-state index contributed by atoms with van der Waals surface area (Å²) in [6, 6.07) is 5.67. The fourth-order valence-corrected chi connectivity index (χ4v) is 2.81. The zero-order chi connectivity index (χ0) is 15.2. The minimum atomic E-state index is 0.0959. The minimum Gasteiger partial charge on any atom is -0.496 e. The second-order valence-electron chi connectivity index (χ2n) is 5.87. The molecule has 1 aliphatic heterocycles. The Balaban J connectivity index is 1.96. The summed E-state index contributed by atoms with van der Waals surface area (Å²) in [5, 5.41) is 0. The summed E-state index contributed by atoms with van der Waals surface area (Å²) in [6.07, 6.45) is 2.66. The molecule has 0 amide bonds. The van der Waals surface area contributed by atoms with Gasteiger partial charge in [0.15, 0.2) is 5.78 Å². The van der Waals surface area contributed by atoms with E-state index in [1.165, 1.54) is 25.9 Å². The third-order valence-electron chi connectivity index (χ3n) is 4.12. The van der Waals surface area contributed by atoms with Crippen LogP contribution < -0.4 is 4.74 Å². The van der Waals surface area contributed by atoms with Gasteiger partial charge >= 0.3 is 0 Å². The Kier molecular flexibility index (Phi) is 5.76. The number of benzene rings is 1. The second kappa shape index (κ2) is 7.57. The molecule has 2 rings (SSSR count). The molecule has 0 bridgehead atoms. The molecule has 1 aromatic rings. The van der Waals surface area contributed by atoms with E-state index in [-0.39, 0.29) is 5.78 Å². The lowest BCUT2D eigenvalue weighted by molar-refractivity contribution is 0.101. The maximum atomic E-state index is 11.5. The first-order valence-corrected chi connectivity index (χ1v) is 7.69. The van der Waals surface area contributed by atoms with Gasteiger partial charge in [-0.1, -0.05) is 0 Å². The van der Waals surface area contributed by atoms with Crippen molar-refractivity contribution in [1.29, 1.82) is 0 Å². The molecule has 1 aliphatic rings. The fourth-order valence-electron chi connectivity index (χ4n) is 2.81. The normalized spacial score (nSPS) is 15.6. The first kappa shape index (κ1) is 16.0. The molecule has 4 heteroatoms. The summed E-state index contributed by atoms with van der Waals surface area (Å²) in [7, 11) is 3.80. The summed E-state index contributed by atoms with van der Waals surface area (Å²) in [5.74, 6) is 0.951. The highest BCUT2D eigenvalue weighted by Gasteiger charge is 2.13. The average molecular weight is 290 g/mol. The Morgan fingerprint density at radius 3 is 2.67 bits per heavy atom. The van der Waals surface area contributed by atoms with Crippen LogP contribution in [0.1, 0.15) is 35.7 Å². The predicted octanol–water partition coefficient (Wildman–Crippen LogP) is 2.43. The molecular formula is C17H26N2O2. The number of carbonyl (C=O) groups excluding carboxylic acids is 1. The summed E-state index contributed by atoms with van der Waals surface area (Å²) < 4.78 is 5.41. The van der Waals surface area contributed by atoms with Gasteiger partial charge in [-0.05, 0) is 58.1 Å². The predicted molar refractivity (Wildman–Crippen MR) is 85.0 cm³/mol. The summed E-state index contributed by atoms with van der Waals surface area (Å²) in [5.41, 5.74) is 1.83. The number of likely N-dealkylation sites (N-methyl/N-ethyl adjacent to an activating group) is 1. The van der Waals surface area contributed by atoms with Gasteiger partial charge in [0.2, 0.25) is 0 Å². The molecule has 116 valence electrons. The van der Waals surface area contributed by atoms with Crippen molar-refractivity contribution in [2.24, 2.45) is 0 Å². The first-order chi connectivity index (χ1) is 10.1. The maximum Gasteiger partial charge on any atom is 0.159 e. The number of hydrogen-bond donors (Lipinski definition) is 0. The van der Waals surface area contributed by atoms with Crippen LogP contribution in [0.5, 0.6) is 5.75 Å². The Morgan fingerprint density at radius 1 is 1.33 bits per heavy atom. The lowest BCUT2D eigenvalue weighted by atomic mass is 10.1. The lowest BCUT2D eigenvalue weighted by Gasteiger charge is -2.22. The van der Waals surface area contributed by atoms with Crippen molar-refractivity contribution in [1.82, 2.24) is 9.80 Å². The van der Waals surface area contributed by atoms with E-state index in [2.05, 4.69) is 16.8 Å². The monoisotopic (exact) mass is 290 g/mol. The Morgan fingerprint density at radius 2 is 2.05 bits per heavy atom. The van der Waals surface area contributed by atoms with E-state index >= 15 is 0 Å². The average Bonchev–Trinajstić information content (AvgIpc) is 2.98. The number of methoxy groups -OCH3 is 1. The molecule has 21 heavy (non-hydrogen) atoms. The quantitative estimate of drug-likeness (QED) is 0.722. The molecule has 0 unspecified atom stereocenters. The van der Waals surface area contributed by atoms with Crippen LogP contribution in [0.3, 0.4) is 0 Å². The van der Waals surface area contributed by atoms with Crippen molar-refractivity contribution in [3.05, 3.63) is 29.3 Å². The second-order valence-corrected chi connectivity index (χ2v) is 5.87. The van der Waals surface area contributed by atoms with E-state index in [4.69, 9.17) is 4.74 Å². The van der Waals surface area contributed by atoms with Gasteiger partial charge in [0.05, 0.1) is 7.11 Å². The Labute approximate surface area is 127 Å². The zero-order valence-electron chi connectivity index (χ0n) is 13.4. The van der Waals surface area contributed by atoms with Gasteiger partial charge in [0.25, 0.3) is 0 Å². The number of ether oxygens (including phenoxy) is 1. The molecule has 1 heterocycles. The van der Waals surface area contributed by atoms with Gasteiger partial charge in [0.1, 0.15) is 5.75 Å². The van der Waals surface area contributed by atoms with Gasteiger partial charge in [-0.15, -0.1) is 0 Å². The van der Waals surface area contributed by atoms with Crippen LogP contribution in [0.25, 0.3) is 0 Å². The molecule has 0 spiro atoms. The van der Waals surface area contributed by atoms with Crippen LogP contribution in [0.4, 0.5) is 0 Å². The van der Waals surface area contributed by atoms with E-state index in [9.17, 15) is 4.79 Å². The van der Waals surface area contributed by atoms with Crippen molar-refractivity contribution < 1.29 is 9.53 Å². The van der Waals surface area contributed by atoms with Crippen molar-refractivity contribution in [2.45, 2.75) is 26.3 Å². The molecule has 0 atom stereocenters. The van der Waals surface area contributed by atoms with E-state index in [0.717, 1.165) is 36.5 Å². The smallest absolute Gasteiger partial charge is 0.159 e. The molecule has 1 saturated heterocycles. The largest absolute Gasteiger partial charge is 0.496 e. The number of Topliss-reactive ketones (excluding diaryl/α,β-unsaturated/α-hetero) is 1. The summed E-state index contributed by atoms with van der Waals surface area (Å²) in [6.45, 7) is 7.02. The molecule has 0 saturated carbocycles. The highest BCUT2D eigenvalue weighted by atomic mass is 16.5. The fraction of sp³-hybridized carbons (Fsp3) is 0.588. The standard InChI is InChI=1S/C17H26N2O2/c1-14(20)15-6-7-17(21-3)16(12-15)13-18(2)10-11-19-8-4-5-9-19/h6-7,12H,4-5,8-11,13H2,1-3H3. The third kappa shape index (κ3) is 4.55. The number of likely N-dealkylation sites (tertiary alicyclic amines) is 1. The maximum absolute atomic E-state index is 11.5. The molecule has 1 fully saturated rings. The Hall–Kier alpha value is -1.39. The van der Waals surface area contributed by atoms with Gasteiger partial charge < -0.3 is 14.5 Å². The molecule has 0 aromatic heterocycles. The van der Waals surface area contributed by atoms with E-state index in [0.29, 0.717) is 0 Å². The Bertz CT molecular complexity index is 482. The molecule has 1 aromatic carbocycles. The molecule has 4 nitrogen and oxygen atoms in total. The highest BCUT2D eigenvalue weighted by molar-refractivity contribution is 5.94. The molecule has 0 aliphatic carbocycles. The van der Waals surface area contributed by atoms with Gasteiger partial charge in [-0.2, -0.15) is 0 Å². The van der Waals surface area contributed by atoms with Crippen LogP contribution >= 0.6 is 0 Å². The van der Waals surface area contributed by atoms with Crippen LogP contribution in [-0.2, 0) is 6.54 Å². The minimum absolute atomic E-state index is 0.0959. The van der Waals surface area contributed by atoms with E-state index in [1.807, 2.05) is 18.2 Å². The number of carbonyl (C=O) groups is 1. The van der Waals surface area contributed by atoms with Crippen molar-refractivity contribution >= 4 is 5.78 Å². The van der Waals surface area contributed by atoms with Crippen molar-refractivity contribution in [3.8, 4) is 5.75 Å². The summed E-state index contributed by atoms with van der Waals surface area (Å²) in [4.78, 5) is 16.3. The third-order valence-corrected chi connectivity index (χ3v) is 4.12. The lowest BCUT2D eigenvalue weighted by Crippen LogP contribution is -2.31. The van der Waals surface area contributed by atoms with E-state index < -0.39 is 0 Å². The van der Waals surface area contributed by atoms with Crippen LogP contribution in [0.2, 0.25) is 0 Å². The molecule has 0 radical (unpaired) electrons. The van der Waals surface area contributed by atoms with Crippen molar-refractivity contribution in [3.63, 3.8) is 0 Å². The first-order valence-electron chi connectivity index (χ1n) is 7.69. The van der Waals surface area contributed by atoms with Gasteiger partial charge in [0, 0.05) is 30.8 Å².